The Bertz CT molecular complexity index is 1390. The quantitative estimate of drug-likeness (QED) is 0.432. The molecule has 1 saturated heterocycles. The van der Waals surface area contributed by atoms with Crippen molar-refractivity contribution in [3.8, 4) is 6.07 Å². The van der Waals surface area contributed by atoms with E-state index in [1.54, 1.807) is 22.2 Å². The molecule has 0 bridgehead atoms. The highest BCUT2D eigenvalue weighted by Crippen LogP contribution is 2.48. The maximum Gasteiger partial charge on any atom is 0.410 e. The topological polar surface area (TPSA) is 104 Å². The number of carbonyl (C=O) groups excluding carboxylic acids is 2. The number of unbranched alkanes of at least 4 members (excludes halogenated alkanes) is 1. The van der Waals surface area contributed by atoms with Gasteiger partial charge in [0.2, 0.25) is 5.91 Å². The summed E-state index contributed by atoms with van der Waals surface area (Å²) in [5.74, 6) is 0.731. The lowest BCUT2D eigenvalue weighted by atomic mass is 9.74. The van der Waals surface area contributed by atoms with E-state index in [-0.39, 0.29) is 24.6 Å². The molecular weight excluding hydrogens is 492 g/mol. The van der Waals surface area contributed by atoms with Crippen molar-refractivity contribution in [2.75, 3.05) is 18.0 Å². The zero-order chi connectivity index (χ0) is 26.2. The summed E-state index contributed by atoms with van der Waals surface area (Å²) < 4.78 is 7.44. The van der Waals surface area contributed by atoms with Crippen LogP contribution < -0.4 is 4.90 Å². The largest absolute Gasteiger partial charge is 0.447 e. The van der Waals surface area contributed by atoms with Crippen LogP contribution in [0.15, 0.2) is 36.7 Å². The van der Waals surface area contributed by atoms with E-state index in [0.717, 1.165) is 28.1 Å². The number of hydrogen-bond acceptors (Lipinski definition) is 6. The number of nitriles is 1. The van der Waals surface area contributed by atoms with Crippen molar-refractivity contribution in [2.24, 2.45) is 0 Å². The van der Waals surface area contributed by atoms with Gasteiger partial charge < -0.3 is 19.1 Å². The van der Waals surface area contributed by atoms with Crippen LogP contribution in [0.5, 0.6) is 0 Å². The van der Waals surface area contributed by atoms with Gasteiger partial charge in [0, 0.05) is 37.3 Å². The SMILES string of the molecule is CC(C)OC(=O)N1CCC2(CC1)C(=O)N(Cc1nc3cc(Cl)ccc3n1CCCC#N)c1cnccc12. The molecule has 2 amide bonds. The van der Waals surface area contributed by atoms with Crippen LogP contribution in [0, 0.1) is 11.3 Å². The van der Waals surface area contributed by atoms with E-state index in [1.165, 1.54) is 0 Å². The first-order chi connectivity index (χ1) is 17.8. The summed E-state index contributed by atoms with van der Waals surface area (Å²) in [4.78, 5) is 39.2. The number of aromatic nitrogens is 3. The van der Waals surface area contributed by atoms with Crippen molar-refractivity contribution >= 4 is 40.3 Å². The van der Waals surface area contributed by atoms with Crippen LogP contribution >= 0.6 is 11.6 Å². The van der Waals surface area contributed by atoms with Crippen LogP contribution in [-0.2, 0) is 28.0 Å². The highest BCUT2D eigenvalue weighted by Gasteiger charge is 2.53. The second-order valence-corrected chi connectivity index (χ2v) is 10.3. The summed E-state index contributed by atoms with van der Waals surface area (Å²) in [5, 5.41) is 9.63. The standard InChI is InChI=1S/C27H29ClN6O3/c1-18(2)37-26(36)32-13-8-27(9-14-32)20-7-11-30-16-23(20)34(25(27)35)17-24-31-21-15-19(28)5-6-22(21)33(24)12-4-3-10-29/h5-7,11,15-16,18H,3-4,8-9,12-14,17H2,1-2H3. The minimum absolute atomic E-state index is 0.000963. The van der Waals surface area contributed by atoms with E-state index in [9.17, 15) is 9.59 Å². The molecule has 10 heteroatoms. The van der Waals surface area contributed by atoms with E-state index < -0.39 is 5.41 Å². The molecule has 2 aliphatic rings. The van der Waals surface area contributed by atoms with Gasteiger partial charge in [-0.25, -0.2) is 9.78 Å². The van der Waals surface area contributed by atoms with Gasteiger partial charge in [0.1, 0.15) is 5.82 Å². The van der Waals surface area contributed by atoms with E-state index in [4.69, 9.17) is 26.6 Å². The number of aryl methyl sites for hydroxylation is 1. The van der Waals surface area contributed by atoms with Crippen LogP contribution in [-0.4, -0.2) is 50.6 Å². The Kier molecular flexibility index (Phi) is 6.78. The summed E-state index contributed by atoms with van der Waals surface area (Å²) in [5.41, 5.74) is 2.68. The first-order valence-electron chi connectivity index (χ1n) is 12.6. The molecule has 2 aliphatic heterocycles. The number of rotatable bonds is 6. The van der Waals surface area contributed by atoms with Crippen molar-refractivity contribution < 1.29 is 14.3 Å². The summed E-state index contributed by atoms with van der Waals surface area (Å²) in [6, 6.07) is 9.68. The predicted molar refractivity (Wildman–Crippen MR) is 139 cm³/mol. The number of likely N-dealkylation sites (tertiary alicyclic amines) is 1. The molecule has 1 fully saturated rings. The summed E-state index contributed by atoms with van der Waals surface area (Å²) in [6.07, 6.45) is 5.06. The van der Waals surface area contributed by atoms with E-state index in [0.29, 0.717) is 50.3 Å². The lowest BCUT2D eigenvalue weighted by molar-refractivity contribution is -0.125. The van der Waals surface area contributed by atoms with Gasteiger partial charge in [-0.1, -0.05) is 11.6 Å². The van der Waals surface area contributed by atoms with Crippen molar-refractivity contribution in [3.05, 3.63) is 53.1 Å². The fraction of sp³-hybridized carbons (Fsp3) is 0.444. The summed E-state index contributed by atoms with van der Waals surface area (Å²) >= 11 is 6.22. The third kappa shape index (κ3) is 4.51. The third-order valence-electron chi connectivity index (χ3n) is 7.23. The number of halogens is 1. The maximum absolute atomic E-state index is 14.1. The molecule has 0 atom stereocenters. The first-order valence-corrected chi connectivity index (χ1v) is 13.0. The molecule has 192 valence electrons. The molecule has 4 heterocycles. The van der Waals surface area contributed by atoms with E-state index in [1.807, 2.05) is 38.1 Å². The number of imidazole rings is 1. The summed E-state index contributed by atoms with van der Waals surface area (Å²) in [6.45, 7) is 5.42. The Morgan fingerprint density at radius 2 is 2.05 bits per heavy atom. The lowest BCUT2D eigenvalue weighted by Gasteiger charge is -2.38. The molecule has 9 nitrogen and oxygen atoms in total. The number of carbonyl (C=O) groups is 2. The van der Waals surface area contributed by atoms with Gasteiger partial charge in [-0.2, -0.15) is 5.26 Å². The Labute approximate surface area is 220 Å². The van der Waals surface area contributed by atoms with Gasteiger partial charge >= 0.3 is 6.09 Å². The van der Waals surface area contributed by atoms with Crippen molar-refractivity contribution in [2.45, 2.75) is 64.1 Å². The third-order valence-corrected chi connectivity index (χ3v) is 7.47. The second-order valence-electron chi connectivity index (χ2n) is 9.86. The highest BCUT2D eigenvalue weighted by molar-refractivity contribution is 6.31. The van der Waals surface area contributed by atoms with Crippen LogP contribution in [0.4, 0.5) is 10.5 Å². The number of anilines is 1. The highest BCUT2D eigenvalue weighted by atomic mass is 35.5. The molecule has 2 aromatic heterocycles. The Morgan fingerprint density at radius 1 is 1.27 bits per heavy atom. The number of fused-ring (bicyclic) bond motifs is 3. The smallest absolute Gasteiger partial charge is 0.410 e. The fourth-order valence-corrected chi connectivity index (χ4v) is 5.62. The van der Waals surface area contributed by atoms with Crippen molar-refractivity contribution in [1.29, 1.82) is 5.26 Å². The average Bonchev–Trinajstić information content (AvgIpc) is 3.32. The number of nitrogens with zero attached hydrogens (tertiary/aromatic N) is 6. The molecule has 37 heavy (non-hydrogen) atoms. The molecule has 5 rings (SSSR count). The fourth-order valence-electron chi connectivity index (χ4n) is 5.46. The van der Waals surface area contributed by atoms with Crippen LogP contribution in [0.3, 0.4) is 0 Å². The van der Waals surface area contributed by atoms with Crippen molar-refractivity contribution in [3.63, 3.8) is 0 Å². The normalized spacial score (nSPS) is 16.5. The Hall–Kier alpha value is -3.64. The van der Waals surface area contributed by atoms with Crippen LogP contribution in [0.1, 0.15) is 50.9 Å². The van der Waals surface area contributed by atoms with Gasteiger partial charge in [0.25, 0.3) is 0 Å². The zero-order valence-corrected chi connectivity index (χ0v) is 21.7. The molecule has 3 aromatic rings. The van der Waals surface area contributed by atoms with Crippen LogP contribution in [0.2, 0.25) is 5.02 Å². The molecule has 0 unspecified atom stereocenters. The number of amides is 2. The Balaban J connectivity index is 1.45. The first kappa shape index (κ1) is 25.0. The van der Waals surface area contributed by atoms with Crippen LogP contribution in [0.25, 0.3) is 11.0 Å². The van der Waals surface area contributed by atoms with E-state index >= 15 is 0 Å². The number of ether oxygens (including phenoxy) is 1. The molecule has 1 aromatic carbocycles. The Morgan fingerprint density at radius 3 is 2.78 bits per heavy atom. The van der Waals surface area contributed by atoms with Crippen molar-refractivity contribution in [1.82, 2.24) is 19.4 Å². The lowest BCUT2D eigenvalue weighted by Crippen LogP contribution is -2.50. The number of piperidine rings is 1. The van der Waals surface area contributed by atoms with Gasteiger partial charge in [0.15, 0.2) is 0 Å². The molecule has 0 aliphatic carbocycles. The number of hydrogen-bond donors (Lipinski definition) is 0. The zero-order valence-electron chi connectivity index (χ0n) is 21.0. The molecular formula is C27H29ClN6O3. The monoisotopic (exact) mass is 520 g/mol. The molecule has 0 radical (unpaired) electrons. The number of pyridine rings is 1. The minimum Gasteiger partial charge on any atom is -0.447 e. The van der Waals surface area contributed by atoms with Gasteiger partial charge in [0.05, 0.1) is 47.1 Å². The van der Waals surface area contributed by atoms with E-state index in [2.05, 4.69) is 15.6 Å². The molecule has 0 N–H and O–H groups in total. The molecule has 1 spiro atoms. The van der Waals surface area contributed by atoms with Gasteiger partial charge in [-0.05, 0) is 62.9 Å². The minimum atomic E-state index is -0.714. The van der Waals surface area contributed by atoms with Gasteiger partial charge in [-0.3, -0.25) is 9.78 Å². The van der Waals surface area contributed by atoms with Gasteiger partial charge in [-0.15, -0.1) is 0 Å². The second kappa shape index (κ2) is 10.0. The number of benzene rings is 1. The summed E-state index contributed by atoms with van der Waals surface area (Å²) in [7, 11) is 0. The average molecular weight is 521 g/mol. The maximum atomic E-state index is 14.1. The predicted octanol–water partition coefficient (Wildman–Crippen LogP) is 4.81. The molecule has 0 saturated carbocycles.